The van der Waals surface area contributed by atoms with Crippen molar-refractivity contribution < 1.29 is 277 Å². The van der Waals surface area contributed by atoms with E-state index in [1.807, 2.05) is 0 Å². The van der Waals surface area contributed by atoms with Gasteiger partial charge in [0, 0.05) is 27.7 Å². The minimum Gasteiger partial charge on any atom is -0.394 e. The highest BCUT2D eigenvalue weighted by Gasteiger charge is 2.63. The molecule has 0 saturated carbocycles. The van der Waals surface area contributed by atoms with E-state index in [9.17, 15) is 177 Å². The van der Waals surface area contributed by atoms with E-state index in [1.165, 1.54) is 0 Å². The first-order valence-corrected chi connectivity index (χ1v) is 42.7. The Hall–Kier alpha value is -4.20. The van der Waals surface area contributed by atoms with Gasteiger partial charge in [0.2, 0.25) is 23.6 Å². The molecule has 0 aromatic carbocycles. The monoisotopic (exact) mass is 1960 g/mol. The number of ether oxygens (including phenoxy) is 21. The largest absolute Gasteiger partial charge is 0.394 e. The number of aliphatic hydroxyl groups excluding tert-OH is 31. The van der Waals surface area contributed by atoms with E-state index in [2.05, 4.69) is 21.3 Å². The normalized spacial score (nSPS) is 49.8. The van der Waals surface area contributed by atoms with E-state index in [4.69, 9.17) is 99.5 Å². The van der Waals surface area contributed by atoms with Gasteiger partial charge in [0.15, 0.2) is 69.2 Å². The molecule has 11 saturated heterocycles. The average molecular weight is 1970 g/mol. The molecule has 0 spiro atoms. The van der Waals surface area contributed by atoms with Crippen molar-refractivity contribution in [1.29, 1.82) is 0 Å². The Morgan fingerprint density at radius 1 is 0.179 bits per heavy atom. The first-order valence-electron chi connectivity index (χ1n) is 42.7. The molecule has 776 valence electrons. The second kappa shape index (κ2) is 48.3. The van der Waals surface area contributed by atoms with Crippen molar-refractivity contribution in [2.45, 2.75) is 365 Å². The third-order valence-electron chi connectivity index (χ3n) is 24.6. The maximum absolute atomic E-state index is 13.1. The van der Waals surface area contributed by atoms with E-state index in [0.29, 0.717) is 0 Å². The summed E-state index contributed by atoms with van der Waals surface area (Å²) in [5.74, 6) is -3.87. The fourth-order valence-electron chi connectivity index (χ4n) is 17.6. The number of hydrogen-bond donors (Lipinski definition) is 35. The van der Waals surface area contributed by atoms with Crippen molar-refractivity contribution in [3.63, 3.8) is 0 Å². The molecule has 0 unspecified atom stereocenters. The van der Waals surface area contributed by atoms with Crippen molar-refractivity contribution in [2.75, 3.05) is 72.7 Å². The quantitative estimate of drug-likeness (QED) is 0.0280. The highest BCUT2D eigenvalue weighted by atomic mass is 16.8. The van der Waals surface area contributed by atoms with Crippen LogP contribution < -0.4 is 21.3 Å². The van der Waals surface area contributed by atoms with Gasteiger partial charge in [-0.15, -0.1) is 0 Å². The summed E-state index contributed by atoms with van der Waals surface area (Å²) in [5.41, 5.74) is 0. The number of nitrogens with one attached hydrogen (secondary N) is 4. The highest BCUT2D eigenvalue weighted by Crippen LogP contribution is 2.42. The van der Waals surface area contributed by atoms with Crippen molar-refractivity contribution in [3.8, 4) is 0 Å². The van der Waals surface area contributed by atoms with Gasteiger partial charge in [-0.05, 0) is 0 Å². The molecule has 11 aliphatic rings. The predicted molar refractivity (Wildman–Crippen MR) is 409 cm³/mol. The molecule has 4 amide bonds. The predicted octanol–water partition coefficient (Wildman–Crippen LogP) is -24.4. The van der Waals surface area contributed by atoms with Gasteiger partial charge in [-0.2, -0.15) is 0 Å². The van der Waals surface area contributed by atoms with Gasteiger partial charge in [0.1, 0.15) is 268 Å². The molecular weight excluding hydrogens is 1840 g/mol. The van der Waals surface area contributed by atoms with E-state index in [-0.39, 0.29) is 0 Å². The lowest BCUT2D eigenvalue weighted by atomic mass is 9.93. The zero-order valence-electron chi connectivity index (χ0n) is 71.6. The summed E-state index contributed by atoms with van der Waals surface area (Å²) < 4.78 is 122. The third-order valence-corrected chi connectivity index (χ3v) is 24.6. The molecule has 60 nitrogen and oxygen atoms in total. The first kappa shape index (κ1) is 110. The maximum Gasteiger partial charge on any atom is 0.217 e. The topological polar surface area (TPSA) is 937 Å². The van der Waals surface area contributed by atoms with E-state index in [1.54, 1.807) is 0 Å². The van der Waals surface area contributed by atoms with Crippen LogP contribution >= 0.6 is 0 Å². The number of carbonyl (C=O) groups excluding carboxylic acids is 4. The summed E-state index contributed by atoms with van der Waals surface area (Å²) in [7, 11) is 0. The van der Waals surface area contributed by atoms with Crippen LogP contribution in [0.15, 0.2) is 0 Å². The zero-order chi connectivity index (χ0) is 98.5. The Kier molecular flexibility index (Phi) is 39.7. The fraction of sp³-hybridized carbons (Fsp3) is 0.946. The zero-order valence-corrected chi connectivity index (χ0v) is 71.6. The lowest BCUT2D eigenvalue weighted by Crippen LogP contribution is -2.71. The van der Waals surface area contributed by atoms with Gasteiger partial charge in [-0.25, -0.2) is 0 Å². The van der Waals surface area contributed by atoms with Crippen molar-refractivity contribution in [2.24, 2.45) is 0 Å². The minimum absolute atomic E-state index is 0.910. The second-order valence-electron chi connectivity index (χ2n) is 33.7. The van der Waals surface area contributed by atoms with Crippen LogP contribution in [0.1, 0.15) is 27.7 Å². The molecule has 0 aliphatic carbocycles. The summed E-state index contributed by atoms with van der Waals surface area (Å²) in [5, 5.41) is 354. The van der Waals surface area contributed by atoms with Gasteiger partial charge in [0.25, 0.3) is 0 Å². The van der Waals surface area contributed by atoms with Crippen molar-refractivity contribution >= 4 is 23.6 Å². The SMILES string of the molecule is CC(=O)N[C@H]1[C@H](O[C@H]2[C@@H](O)[C@@H](CO)O[C@@H](O[C@H]3[C@H](O)[C@@H](O)[C@@H](O)O[C@@H]3CO)[C@@H]2O)O[C@H](CO)[C@@H](O[C@@H]2O[C@H](CO)[C@H](O)[C@H](O[C@@H]3O[C@H](CO)[C@@H](O[C@@H]4O[C@H](CO)[C@H](O)[C@H](O[C@@H]5O[C@H](CO)[C@@H](O[C@@H]6O[C@H](CO)[C@H](O)[C@H](O[C@@H]7O[C@H](CO)[C@@H](O[C@@H]8O[C@H](CO)[C@H](O)[C@H](O[C@H]9O[C@H](CO)[C@H](O)[C@H](O)[C@H]9O)[C@H]8O)[C@H](O)[C@H]7NC(C)=O)[C@H]6O)[C@H](O)[C@H]5NC(C)=O)[C@H]4O)[C@H](O)[C@H]3NC(C)=O)[C@H]2O)[C@@H]1O. The first-order chi connectivity index (χ1) is 63.5. The summed E-state index contributed by atoms with van der Waals surface area (Å²) in [6.07, 6.45) is -106. The van der Waals surface area contributed by atoms with Gasteiger partial charge in [0.05, 0.1) is 72.7 Å². The number of amides is 4. The average Bonchev–Trinajstić information content (AvgIpc) is 0.758. The molecule has 11 heterocycles. The standard InChI is InChI=1S/C74H124N4O56/c1-16(90)75-31-41(100)54(27(12-86)121-66(31)131-60-37(96)22(7-81)118-72(50(60)109)127-56-29(14-88)123-68(33(43(56)102)77-18(3)92)133-62-39(98)24(9-83)120-74(52(62)111)129-58-26(11-85)114-64(113)47(106)46(58)105)125-70-49(108)59(36(95)21(6-80)116-70)130-65-32(76-17(2)91)42(101)55(28(13-87)122-65)126-71-51(110)61(38(97)23(8-82)117-71)132-67-34(78-19(4)93)44(103)57(30(15-89)124-67)128-73-53(112)63(40(99)25(10-84)119-73)134-69-48(107)45(104)35(94)20(5-79)115-69/h20-74,79-89,94-113H,5-15H2,1-4H3,(H,75,90)(H,76,91)(H,77,92)(H,78,93)/t20-,21-,22-,23-,24-,25-,26-,27-,28-,29-,30-,31-,32-,33-,34-,35+,36+,37+,38+,39+,40+,41-,42-,43-,44-,45+,46-,47-,48-,49-,50-,51-,52-,53-,54-,55-,56-,57-,58-,59+,60+,61+,62+,63+,64+,65+,66+,67+,68+,69-,70+,71+,72+,73+,74+/m1/s1. The van der Waals surface area contributed by atoms with E-state index >= 15 is 0 Å². The third kappa shape index (κ3) is 23.8. The number of aliphatic hydroxyl groups is 31. The molecule has 0 radical (unpaired) electrons. The van der Waals surface area contributed by atoms with Crippen LogP contribution in [0, 0.1) is 0 Å². The molecule has 35 N–H and O–H groups in total. The van der Waals surface area contributed by atoms with Crippen molar-refractivity contribution in [1.82, 2.24) is 21.3 Å². The fourth-order valence-corrected chi connectivity index (χ4v) is 17.6. The van der Waals surface area contributed by atoms with Gasteiger partial charge in [-0.3, -0.25) is 19.2 Å². The molecule has 11 fully saturated rings. The molecule has 0 aromatic heterocycles. The van der Waals surface area contributed by atoms with Crippen LogP contribution in [0.25, 0.3) is 0 Å². The van der Waals surface area contributed by atoms with Crippen LogP contribution in [0.2, 0.25) is 0 Å². The summed E-state index contributed by atoms with van der Waals surface area (Å²) in [4.78, 5) is 52.0. The smallest absolute Gasteiger partial charge is 0.217 e. The Morgan fingerprint density at radius 3 is 0.545 bits per heavy atom. The second-order valence-corrected chi connectivity index (χ2v) is 33.7. The molecular formula is C74H124N4O56. The molecule has 0 bridgehead atoms. The molecule has 11 aliphatic heterocycles. The number of carbonyl (C=O) groups is 4. The lowest BCUT2D eigenvalue weighted by molar-refractivity contribution is -0.391. The summed E-state index contributed by atoms with van der Waals surface area (Å²) in [6, 6.07) is -7.85. The van der Waals surface area contributed by atoms with Gasteiger partial charge in [-0.1, -0.05) is 0 Å². The summed E-state index contributed by atoms with van der Waals surface area (Å²) in [6.45, 7) is -8.54. The van der Waals surface area contributed by atoms with Crippen LogP contribution in [0.4, 0.5) is 0 Å². The highest BCUT2D eigenvalue weighted by molar-refractivity contribution is 5.74. The van der Waals surface area contributed by atoms with E-state index < -0.39 is 434 Å². The Labute approximate surface area is 757 Å². The molecule has 0 aromatic rings. The molecule has 55 atom stereocenters. The van der Waals surface area contributed by atoms with Crippen LogP contribution in [0.3, 0.4) is 0 Å². The Bertz CT molecular complexity index is 3620. The maximum atomic E-state index is 13.1. The number of rotatable bonds is 35. The minimum atomic E-state index is -2.43. The van der Waals surface area contributed by atoms with Crippen LogP contribution in [-0.4, -0.2) is 592 Å². The summed E-state index contributed by atoms with van der Waals surface area (Å²) >= 11 is 0. The molecule has 134 heavy (non-hydrogen) atoms. The lowest BCUT2D eigenvalue weighted by Gasteiger charge is -2.51. The van der Waals surface area contributed by atoms with Gasteiger partial charge < -0.3 is 279 Å². The Balaban J connectivity index is 0.761. The van der Waals surface area contributed by atoms with Gasteiger partial charge >= 0.3 is 0 Å². The Morgan fingerprint density at radius 2 is 0.343 bits per heavy atom. The molecule has 11 rings (SSSR count). The number of hydrogen-bond acceptors (Lipinski definition) is 56. The van der Waals surface area contributed by atoms with E-state index in [0.717, 1.165) is 27.7 Å². The van der Waals surface area contributed by atoms with Crippen LogP contribution in [-0.2, 0) is 119 Å². The molecule has 60 heteroatoms. The van der Waals surface area contributed by atoms with Crippen LogP contribution in [0.5, 0.6) is 0 Å². The van der Waals surface area contributed by atoms with Crippen molar-refractivity contribution in [3.05, 3.63) is 0 Å².